The number of halogens is 2. The molecule has 0 radical (unpaired) electrons. The molecule has 1 aliphatic rings. The third kappa shape index (κ3) is 1.02. The molecule has 0 aromatic heterocycles. The van der Waals surface area contributed by atoms with Crippen LogP contribution in [0.2, 0.25) is 0 Å². The Bertz CT molecular complexity index is 232. The lowest BCUT2D eigenvalue weighted by atomic mass is 10.2. The third-order valence-corrected chi connectivity index (χ3v) is 3.90. The topological polar surface area (TPSA) is 34.1 Å². The van der Waals surface area contributed by atoms with Crippen molar-refractivity contribution in [3.05, 3.63) is 0 Å². The van der Waals surface area contributed by atoms with Gasteiger partial charge in [0.2, 0.25) is 5.00 Å². The van der Waals surface area contributed by atoms with E-state index in [1.54, 1.807) is 0 Å². The van der Waals surface area contributed by atoms with Gasteiger partial charge in [-0.25, -0.2) is 17.2 Å². The quantitative estimate of drug-likeness (QED) is 0.539. The fraction of sp³-hybridized carbons (Fsp3) is 1.00. The molecule has 0 aromatic rings. The van der Waals surface area contributed by atoms with Gasteiger partial charge in [-0.3, -0.25) is 0 Å². The van der Waals surface area contributed by atoms with Crippen LogP contribution < -0.4 is 0 Å². The summed E-state index contributed by atoms with van der Waals surface area (Å²) in [7, 11) is -3.82. The molecule has 0 bridgehead atoms. The van der Waals surface area contributed by atoms with Gasteiger partial charge in [-0.1, -0.05) is 0 Å². The van der Waals surface area contributed by atoms with Crippen LogP contribution in [0.4, 0.5) is 8.78 Å². The van der Waals surface area contributed by atoms with E-state index in [-0.39, 0.29) is 0 Å². The van der Waals surface area contributed by atoms with Crippen molar-refractivity contribution in [2.24, 2.45) is 0 Å². The summed E-state index contributed by atoms with van der Waals surface area (Å²) >= 11 is 0. The average Bonchev–Trinajstić information content (AvgIpc) is 1.73. The van der Waals surface area contributed by atoms with Gasteiger partial charge in [0.25, 0.3) is 0 Å². The van der Waals surface area contributed by atoms with E-state index in [4.69, 9.17) is 0 Å². The van der Waals surface area contributed by atoms with Gasteiger partial charge in [0.05, 0.1) is 5.75 Å². The predicted octanol–water partition coefficient (Wildman–Crippen LogP) is 0.829. The van der Waals surface area contributed by atoms with E-state index >= 15 is 0 Å². The van der Waals surface area contributed by atoms with Crippen molar-refractivity contribution < 1.29 is 17.2 Å². The van der Waals surface area contributed by atoms with E-state index in [2.05, 4.69) is 0 Å². The van der Waals surface area contributed by atoms with Crippen molar-refractivity contribution in [3.8, 4) is 0 Å². The summed E-state index contributed by atoms with van der Waals surface area (Å²) in [5.41, 5.74) is 0. The molecule has 0 saturated carbocycles. The number of rotatable bonds is 0. The number of hydrogen-bond donors (Lipinski definition) is 0. The third-order valence-electron chi connectivity index (χ3n) is 1.63. The highest BCUT2D eigenvalue weighted by Crippen LogP contribution is 2.34. The first-order chi connectivity index (χ1) is 4.35. The van der Waals surface area contributed by atoms with Crippen molar-refractivity contribution in [1.29, 1.82) is 0 Å². The minimum absolute atomic E-state index is 0.519. The summed E-state index contributed by atoms with van der Waals surface area (Å²) in [6.07, 6.45) is -2.05. The molecule has 60 valence electrons. The molecule has 1 saturated heterocycles. The van der Waals surface area contributed by atoms with Crippen LogP contribution in [0.1, 0.15) is 13.3 Å². The molecule has 2 atom stereocenters. The molecule has 0 N–H and O–H groups in total. The van der Waals surface area contributed by atoms with Gasteiger partial charge in [-0.2, -0.15) is 0 Å². The van der Waals surface area contributed by atoms with Crippen LogP contribution >= 0.6 is 0 Å². The second-order valence-electron chi connectivity index (χ2n) is 2.68. The number of sulfone groups is 1. The van der Waals surface area contributed by atoms with Gasteiger partial charge in [0.15, 0.2) is 9.84 Å². The fourth-order valence-electron chi connectivity index (χ4n) is 0.993. The second kappa shape index (κ2) is 1.90. The van der Waals surface area contributed by atoms with Crippen molar-refractivity contribution in [2.45, 2.75) is 24.5 Å². The zero-order chi connectivity index (χ0) is 7.99. The molecule has 2 unspecified atom stereocenters. The smallest absolute Gasteiger partial charge is 0.210 e. The van der Waals surface area contributed by atoms with Crippen LogP contribution in [-0.4, -0.2) is 25.3 Å². The molecule has 1 rings (SSSR count). The van der Waals surface area contributed by atoms with E-state index in [1.165, 1.54) is 0 Å². The molecule has 0 aliphatic carbocycles. The molecule has 0 aromatic carbocycles. The lowest BCUT2D eigenvalue weighted by molar-refractivity contribution is 0.235. The maximum absolute atomic E-state index is 12.8. The summed E-state index contributed by atoms with van der Waals surface area (Å²) in [6.45, 7) is 0.905. The van der Waals surface area contributed by atoms with Gasteiger partial charge >= 0.3 is 0 Å². The molecule has 10 heavy (non-hydrogen) atoms. The van der Waals surface area contributed by atoms with Crippen LogP contribution in [0.3, 0.4) is 0 Å². The first-order valence-electron chi connectivity index (χ1n) is 2.90. The molecule has 5 heteroatoms. The van der Waals surface area contributed by atoms with Gasteiger partial charge in [-0.05, 0) is 6.92 Å². The predicted molar refractivity (Wildman–Crippen MR) is 32.8 cm³/mol. The largest absolute Gasteiger partial charge is 0.246 e. The molecule has 0 amide bonds. The van der Waals surface area contributed by atoms with Crippen LogP contribution in [-0.2, 0) is 9.84 Å². The highest BCUT2D eigenvalue weighted by Gasteiger charge is 2.49. The van der Waals surface area contributed by atoms with E-state index in [0.717, 1.165) is 6.92 Å². The zero-order valence-electron chi connectivity index (χ0n) is 5.47. The molecule has 1 fully saturated rings. The van der Waals surface area contributed by atoms with Gasteiger partial charge in [0, 0.05) is 6.42 Å². The van der Waals surface area contributed by atoms with E-state index in [0.29, 0.717) is 0 Å². The van der Waals surface area contributed by atoms with Crippen molar-refractivity contribution in [2.75, 3.05) is 5.75 Å². The van der Waals surface area contributed by atoms with Crippen LogP contribution in [0.15, 0.2) is 0 Å². The molecule has 1 aliphatic heterocycles. The van der Waals surface area contributed by atoms with Gasteiger partial charge < -0.3 is 0 Å². The molecular formula is C5H8F2O2S. The Morgan fingerprint density at radius 2 is 2.10 bits per heavy atom. The minimum atomic E-state index is -3.82. The van der Waals surface area contributed by atoms with Gasteiger partial charge in [0.1, 0.15) is 6.17 Å². The zero-order valence-corrected chi connectivity index (χ0v) is 6.29. The Morgan fingerprint density at radius 1 is 1.60 bits per heavy atom. The Hall–Kier alpha value is -0.190. The fourth-order valence-corrected chi connectivity index (χ4v) is 2.37. The lowest BCUT2D eigenvalue weighted by Gasteiger charge is -2.09. The Labute approximate surface area is 58.1 Å². The highest BCUT2D eigenvalue weighted by atomic mass is 32.2. The highest BCUT2D eigenvalue weighted by molar-refractivity contribution is 7.92. The number of hydrogen-bond acceptors (Lipinski definition) is 2. The summed E-state index contributed by atoms with van der Waals surface area (Å²) in [5.74, 6) is -0.667. The Morgan fingerprint density at radius 3 is 2.20 bits per heavy atom. The standard InChI is InChI=1S/C5H8F2O2S/c1-5(7)2-4(6)3-10(5,8)9/h4H,2-3H2,1H3. The summed E-state index contributed by atoms with van der Waals surface area (Å²) in [5, 5.41) is -2.34. The number of alkyl halides is 2. The van der Waals surface area contributed by atoms with Crippen LogP contribution in [0.5, 0.6) is 0 Å². The normalized spacial score (nSPS) is 45.7. The van der Waals surface area contributed by atoms with E-state index in [1.807, 2.05) is 0 Å². The van der Waals surface area contributed by atoms with E-state index < -0.39 is 33.2 Å². The monoisotopic (exact) mass is 170 g/mol. The molecule has 2 nitrogen and oxygen atoms in total. The minimum Gasteiger partial charge on any atom is -0.246 e. The Balaban J connectivity index is 3.01. The first kappa shape index (κ1) is 7.91. The van der Waals surface area contributed by atoms with Gasteiger partial charge in [-0.15, -0.1) is 0 Å². The first-order valence-corrected chi connectivity index (χ1v) is 4.56. The van der Waals surface area contributed by atoms with Crippen LogP contribution in [0, 0.1) is 0 Å². The van der Waals surface area contributed by atoms with Crippen molar-refractivity contribution in [1.82, 2.24) is 0 Å². The summed E-state index contributed by atoms with van der Waals surface area (Å²) in [6, 6.07) is 0. The average molecular weight is 170 g/mol. The second-order valence-corrected chi connectivity index (χ2v) is 5.10. The maximum atomic E-state index is 12.8. The van der Waals surface area contributed by atoms with E-state index in [9.17, 15) is 17.2 Å². The van der Waals surface area contributed by atoms with Crippen molar-refractivity contribution >= 4 is 9.84 Å². The summed E-state index contributed by atoms with van der Waals surface area (Å²) < 4.78 is 46.5. The maximum Gasteiger partial charge on any atom is 0.210 e. The molecule has 1 heterocycles. The molecular weight excluding hydrogens is 162 g/mol. The van der Waals surface area contributed by atoms with Crippen LogP contribution in [0.25, 0.3) is 0 Å². The SMILES string of the molecule is CC1(F)CC(F)CS1(=O)=O. The molecule has 0 spiro atoms. The summed E-state index contributed by atoms with van der Waals surface area (Å²) in [4.78, 5) is 0. The lowest BCUT2D eigenvalue weighted by Crippen LogP contribution is -2.24. The van der Waals surface area contributed by atoms with Crippen molar-refractivity contribution in [3.63, 3.8) is 0 Å². The Kier molecular flexibility index (Phi) is 1.50.